The molecule has 0 aliphatic carbocycles. The summed E-state index contributed by atoms with van der Waals surface area (Å²) in [4.78, 5) is 28.1. The van der Waals surface area contributed by atoms with Crippen molar-refractivity contribution in [2.75, 3.05) is 38.3 Å². The monoisotopic (exact) mass is 618 g/mol. The Morgan fingerprint density at radius 2 is 1.86 bits per heavy atom. The van der Waals surface area contributed by atoms with Gasteiger partial charge in [0.2, 0.25) is 5.91 Å². The largest absolute Gasteiger partial charge is 0.493 e. The molecule has 0 saturated carbocycles. The number of anilines is 1. The zero-order chi connectivity index (χ0) is 31.2. The Balaban J connectivity index is 1.41. The van der Waals surface area contributed by atoms with Gasteiger partial charge in [0, 0.05) is 35.6 Å². The van der Waals surface area contributed by atoms with E-state index in [-0.39, 0.29) is 36.9 Å². The molecule has 3 aliphatic rings. The number of hydrogen-bond acceptors (Lipinski definition) is 7. The number of carbonyl (C=O) groups is 2. The lowest BCUT2D eigenvalue weighted by atomic mass is 9.58. The number of aldehydes is 1. The van der Waals surface area contributed by atoms with Crippen molar-refractivity contribution >= 4 is 29.5 Å². The van der Waals surface area contributed by atoms with Crippen LogP contribution in [0.2, 0.25) is 5.02 Å². The van der Waals surface area contributed by atoms with E-state index in [0.717, 1.165) is 23.0 Å². The number of hydrogen-bond donors (Lipinski definition) is 2. The lowest BCUT2D eigenvalue weighted by Crippen LogP contribution is -2.64. The molecule has 2 bridgehead atoms. The Kier molecular flexibility index (Phi) is 8.22. The van der Waals surface area contributed by atoms with Crippen LogP contribution in [0, 0.1) is 17.3 Å². The van der Waals surface area contributed by atoms with Crippen LogP contribution in [0.15, 0.2) is 60.7 Å². The third-order valence-electron chi connectivity index (χ3n) is 9.36. The Morgan fingerprint density at radius 3 is 2.52 bits per heavy atom. The van der Waals surface area contributed by atoms with Gasteiger partial charge in [0.1, 0.15) is 6.29 Å². The van der Waals surface area contributed by atoms with Gasteiger partial charge in [-0.1, -0.05) is 35.9 Å². The first-order valence-corrected chi connectivity index (χ1v) is 15.5. The Morgan fingerprint density at radius 1 is 1.14 bits per heavy atom. The molecular formula is C35H39ClN2O6. The van der Waals surface area contributed by atoms with Crippen LogP contribution in [0.5, 0.6) is 11.5 Å². The normalized spacial score (nSPS) is 26.1. The number of nitrogens with one attached hydrogen (secondary N) is 1. The Bertz CT molecular complexity index is 1530. The molecule has 0 radical (unpaired) electrons. The fraction of sp³-hybridized carbons (Fsp3) is 0.429. The van der Waals surface area contributed by atoms with Crippen molar-refractivity contribution in [2.24, 2.45) is 17.3 Å². The van der Waals surface area contributed by atoms with Crippen LogP contribution in [0.1, 0.15) is 49.1 Å². The van der Waals surface area contributed by atoms with Crippen LogP contribution in [-0.4, -0.2) is 56.8 Å². The van der Waals surface area contributed by atoms with E-state index in [9.17, 15) is 14.7 Å². The average Bonchev–Trinajstić information content (AvgIpc) is 3.00. The number of fused-ring (bicyclic) bond motifs is 3. The summed E-state index contributed by atoms with van der Waals surface area (Å²) in [5, 5.41) is 16.0. The fourth-order valence-electron chi connectivity index (χ4n) is 7.52. The van der Waals surface area contributed by atoms with E-state index in [2.05, 4.69) is 5.32 Å². The van der Waals surface area contributed by atoms with E-state index in [1.54, 1.807) is 18.9 Å². The third kappa shape index (κ3) is 5.28. The molecule has 2 saturated heterocycles. The minimum atomic E-state index is -1.29. The van der Waals surface area contributed by atoms with Gasteiger partial charge >= 0.3 is 0 Å². The van der Waals surface area contributed by atoms with Crippen LogP contribution in [0.25, 0.3) is 0 Å². The first-order chi connectivity index (χ1) is 21.1. The molecule has 1 amide bonds. The van der Waals surface area contributed by atoms with Gasteiger partial charge < -0.3 is 34.3 Å². The molecule has 3 heterocycles. The predicted molar refractivity (Wildman–Crippen MR) is 168 cm³/mol. The van der Waals surface area contributed by atoms with Gasteiger partial charge in [-0.25, -0.2) is 0 Å². The van der Waals surface area contributed by atoms with Crippen molar-refractivity contribution in [3.63, 3.8) is 0 Å². The van der Waals surface area contributed by atoms with E-state index in [1.807, 2.05) is 74.5 Å². The minimum Gasteiger partial charge on any atom is -0.493 e. The van der Waals surface area contributed by atoms with Gasteiger partial charge in [0.05, 0.1) is 49.9 Å². The summed E-state index contributed by atoms with van der Waals surface area (Å²) < 4.78 is 17.5. The number of nitrogens with zero attached hydrogens (tertiary/aromatic N) is 1. The molecule has 5 unspecified atom stereocenters. The number of methoxy groups -OCH3 is 1. The first-order valence-electron chi connectivity index (χ1n) is 15.1. The highest BCUT2D eigenvalue weighted by atomic mass is 35.5. The standard InChI is InChI=1S/C35H39ClN2O6/c1-21(2)44-30-15-28-23(13-29(30)42-4)14-31(40)38(32(28)22-5-9-26(36)10-6-22)27-11-7-25(8-12-27)34(3,41)33-24-16-37-18-35(33,19-39)20-43-17-24/h5-13,15,19,21,24,32-33,37,41H,14,16-18,20H2,1-4H3. The van der Waals surface area contributed by atoms with Gasteiger partial charge in [0.15, 0.2) is 11.5 Å². The summed E-state index contributed by atoms with van der Waals surface area (Å²) >= 11 is 6.26. The zero-order valence-electron chi connectivity index (χ0n) is 25.5. The highest BCUT2D eigenvalue weighted by Gasteiger charge is 2.56. The maximum absolute atomic E-state index is 13.9. The van der Waals surface area contributed by atoms with Gasteiger partial charge in [-0.2, -0.15) is 0 Å². The molecule has 44 heavy (non-hydrogen) atoms. The molecule has 3 aromatic carbocycles. The molecule has 6 rings (SSSR count). The molecule has 0 aromatic heterocycles. The summed E-state index contributed by atoms with van der Waals surface area (Å²) in [6.07, 6.45) is 1.07. The lowest BCUT2D eigenvalue weighted by molar-refractivity contribution is -0.183. The van der Waals surface area contributed by atoms with E-state index in [4.69, 9.17) is 25.8 Å². The van der Waals surface area contributed by atoms with Crippen LogP contribution in [-0.2, 0) is 26.3 Å². The van der Waals surface area contributed by atoms with Crippen molar-refractivity contribution in [3.8, 4) is 11.5 Å². The van der Waals surface area contributed by atoms with Crippen LogP contribution in [0.3, 0.4) is 0 Å². The van der Waals surface area contributed by atoms with Crippen LogP contribution >= 0.6 is 11.6 Å². The molecule has 0 spiro atoms. The van der Waals surface area contributed by atoms with Crippen molar-refractivity contribution in [1.82, 2.24) is 5.32 Å². The number of benzene rings is 3. The van der Waals surface area contributed by atoms with E-state index < -0.39 is 17.1 Å². The summed E-state index contributed by atoms with van der Waals surface area (Å²) in [6.45, 7) is 7.61. The van der Waals surface area contributed by atoms with Crippen molar-refractivity contribution in [3.05, 3.63) is 87.9 Å². The van der Waals surface area contributed by atoms with E-state index in [1.165, 1.54) is 0 Å². The number of amides is 1. The fourth-order valence-corrected chi connectivity index (χ4v) is 7.65. The lowest BCUT2D eigenvalue weighted by Gasteiger charge is -2.54. The molecule has 5 atom stereocenters. The second-order valence-corrected chi connectivity index (χ2v) is 13.1. The molecule has 2 N–H and O–H groups in total. The number of aliphatic hydroxyl groups is 1. The molecular weight excluding hydrogens is 580 g/mol. The van der Waals surface area contributed by atoms with E-state index in [0.29, 0.717) is 47.5 Å². The molecule has 9 heteroatoms. The SMILES string of the molecule is COc1cc2c(cc1OC(C)C)C(c1ccc(Cl)cc1)N(c1ccc(C(C)(O)C3C4CNCC3(C=O)COC4)cc1)C(=O)C2. The summed E-state index contributed by atoms with van der Waals surface area (Å²) in [5.41, 5.74) is 2.00. The Hall–Kier alpha value is -3.43. The average molecular weight is 619 g/mol. The third-order valence-corrected chi connectivity index (χ3v) is 9.61. The van der Waals surface area contributed by atoms with Gasteiger partial charge in [-0.05, 0) is 79.4 Å². The number of rotatable bonds is 8. The maximum atomic E-state index is 13.9. The van der Waals surface area contributed by atoms with Crippen molar-refractivity contribution < 1.29 is 28.9 Å². The topological polar surface area (TPSA) is 97.3 Å². The van der Waals surface area contributed by atoms with Crippen molar-refractivity contribution in [2.45, 2.75) is 44.9 Å². The first kappa shape index (κ1) is 30.6. The van der Waals surface area contributed by atoms with Gasteiger partial charge in [-0.3, -0.25) is 4.79 Å². The van der Waals surface area contributed by atoms with Crippen LogP contribution < -0.4 is 19.7 Å². The highest BCUT2D eigenvalue weighted by Crippen LogP contribution is 2.50. The number of ether oxygens (including phenoxy) is 3. The van der Waals surface area contributed by atoms with Crippen LogP contribution in [0.4, 0.5) is 5.69 Å². The number of carbonyl (C=O) groups excluding carboxylic acids is 2. The zero-order valence-corrected chi connectivity index (χ0v) is 26.3. The van der Waals surface area contributed by atoms with Gasteiger partial charge in [-0.15, -0.1) is 0 Å². The predicted octanol–water partition coefficient (Wildman–Crippen LogP) is 5.07. The van der Waals surface area contributed by atoms with Gasteiger partial charge in [0.25, 0.3) is 0 Å². The molecule has 3 aromatic rings. The second kappa shape index (κ2) is 11.8. The summed E-state index contributed by atoms with van der Waals surface area (Å²) in [5.74, 6) is 0.809. The summed E-state index contributed by atoms with van der Waals surface area (Å²) in [6, 6.07) is 18.4. The van der Waals surface area contributed by atoms with E-state index >= 15 is 0 Å². The molecule has 3 aliphatic heterocycles. The number of halogens is 1. The quantitative estimate of drug-likeness (QED) is 0.340. The highest BCUT2D eigenvalue weighted by molar-refractivity contribution is 6.30. The molecule has 2 fully saturated rings. The Labute approximate surface area is 263 Å². The second-order valence-electron chi connectivity index (χ2n) is 12.7. The maximum Gasteiger partial charge on any atom is 0.232 e. The minimum absolute atomic E-state index is 0.00826. The van der Waals surface area contributed by atoms with Crippen molar-refractivity contribution in [1.29, 1.82) is 0 Å². The number of piperidine rings is 1. The summed E-state index contributed by atoms with van der Waals surface area (Å²) in [7, 11) is 1.60. The molecule has 232 valence electrons. The molecule has 8 nitrogen and oxygen atoms in total. The smallest absolute Gasteiger partial charge is 0.232 e.